The maximum atomic E-state index is 12.8. The van der Waals surface area contributed by atoms with Gasteiger partial charge in [0.2, 0.25) is 0 Å². The summed E-state index contributed by atoms with van der Waals surface area (Å²) in [5.74, 6) is 1.68. The lowest BCUT2D eigenvalue weighted by Gasteiger charge is -2.33. The van der Waals surface area contributed by atoms with Crippen LogP contribution in [0.25, 0.3) is 0 Å². The molecule has 1 aromatic carbocycles. The smallest absolute Gasteiger partial charge is 0.253 e. The van der Waals surface area contributed by atoms with Gasteiger partial charge in [-0.25, -0.2) is 9.67 Å². The van der Waals surface area contributed by atoms with Gasteiger partial charge in [-0.1, -0.05) is 12.1 Å². The molecule has 0 radical (unpaired) electrons. The highest BCUT2D eigenvalue weighted by atomic mass is 16.2. The Morgan fingerprint density at radius 1 is 1.42 bits per heavy atom. The Labute approximate surface area is 141 Å². The minimum Gasteiger partial charge on any atom is -0.337 e. The van der Waals surface area contributed by atoms with Gasteiger partial charge in [-0.15, -0.1) is 0 Å². The topological polar surface area (TPSA) is 74.8 Å². The largest absolute Gasteiger partial charge is 0.337 e. The van der Waals surface area contributed by atoms with Gasteiger partial charge in [-0.3, -0.25) is 4.79 Å². The molecule has 1 saturated heterocycles. The summed E-state index contributed by atoms with van der Waals surface area (Å²) in [7, 11) is 0. The standard InChI is InChI=1S/C18H21N5O/c1-13-20-14(2)23(21-13)17-7-4-10-22(12-17)18(24)16-6-3-5-15(11-16)8-9-19/h3,5-6,11,17H,4,7-8,10,12H2,1-2H3/t17-/m0/s1. The molecule has 2 aromatic rings. The minimum atomic E-state index is 0.0222. The highest BCUT2D eigenvalue weighted by Crippen LogP contribution is 2.23. The number of nitrogens with zero attached hydrogens (tertiary/aromatic N) is 5. The van der Waals surface area contributed by atoms with Crippen molar-refractivity contribution < 1.29 is 4.79 Å². The van der Waals surface area contributed by atoms with Gasteiger partial charge >= 0.3 is 0 Å². The molecule has 6 nitrogen and oxygen atoms in total. The third kappa shape index (κ3) is 3.30. The summed E-state index contributed by atoms with van der Waals surface area (Å²) < 4.78 is 1.95. The SMILES string of the molecule is Cc1nc(C)n([C@H]2CCCN(C(=O)c3cccc(CC#N)c3)C2)n1. The maximum Gasteiger partial charge on any atom is 0.253 e. The van der Waals surface area contributed by atoms with Crippen LogP contribution < -0.4 is 0 Å². The highest BCUT2D eigenvalue weighted by molar-refractivity contribution is 5.94. The lowest BCUT2D eigenvalue weighted by Crippen LogP contribution is -2.41. The monoisotopic (exact) mass is 323 g/mol. The van der Waals surface area contributed by atoms with Crippen molar-refractivity contribution >= 4 is 5.91 Å². The van der Waals surface area contributed by atoms with Crippen LogP contribution in [0.15, 0.2) is 24.3 Å². The van der Waals surface area contributed by atoms with Crippen molar-refractivity contribution in [2.24, 2.45) is 0 Å². The number of likely N-dealkylation sites (tertiary alicyclic amines) is 1. The number of hydrogen-bond donors (Lipinski definition) is 0. The number of carbonyl (C=O) groups is 1. The molecule has 24 heavy (non-hydrogen) atoms. The zero-order valence-electron chi connectivity index (χ0n) is 14.1. The highest BCUT2D eigenvalue weighted by Gasteiger charge is 2.27. The number of aromatic nitrogens is 3. The number of hydrogen-bond acceptors (Lipinski definition) is 4. The minimum absolute atomic E-state index is 0.0222. The first-order chi connectivity index (χ1) is 11.6. The first kappa shape index (κ1) is 16.2. The zero-order valence-corrected chi connectivity index (χ0v) is 14.1. The van der Waals surface area contributed by atoms with E-state index in [1.54, 1.807) is 0 Å². The first-order valence-electron chi connectivity index (χ1n) is 8.23. The molecule has 1 aromatic heterocycles. The summed E-state index contributed by atoms with van der Waals surface area (Å²) in [6.07, 6.45) is 2.27. The lowest BCUT2D eigenvalue weighted by atomic mass is 10.0. The summed E-state index contributed by atoms with van der Waals surface area (Å²) in [6.45, 7) is 5.23. The number of nitriles is 1. The number of carbonyl (C=O) groups excluding carboxylic acids is 1. The van der Waals surface area contributed by atoms with Crippen molar-refractivity contribution in [1.29, 1.82) is 5.26 Å². The first-order valence-corrected chi connectivity index (χ1v) is 8.23. The van der Waals surface area contributed by atoms with Crippen molar-refractivity contribution in [2.75, 3.05) is 13.1 Å². The predicted molar refractivity (Wildman–Crippen MR) is 89.4 cm³/mol. The fraction of sp³-hybridized carbons (Fsp3) is 0.444. The molecule has 0 spiro atoms. The van der Waals surface area contributed by atoms with E-state index in [2.05, 4.69) is 16.2 Å². The van der Waals surface area contributed by atoms with Crippen LogP contribution in [0.5, 0.6) is 0 Å². The summed E-state index contributed by atoms with van der Waals surface area (Å²) >= 11 is 0. The molecule has 0 bridgehead atoms. The number of piperidine rings is 1. The van der Waals surface area contributed by atoms with Crippen LogP contribution in [0, 0.1) is 25.2 Å². The van der Waals surface area contributed by atoms with Crippen molar-refractivity contribution in [3.05, 3.63) is 47.0 Å². The summed E-state index contributed by atoms with van der Waals surface area (Å²) in [5.41, 5.74) is 1.52. The maximum absolute atomic E-state index is 12.8. The van der Waals surface area contributed by atoms with Crippen LogP contribution in [-0.4, -0.2) is 38.7 Å². The zero-order chi connectivity index (χ0) is 17.1. The Bertz CT molecular complexity index is 789. The quantitative estimate of drug-likeness (QED) is 0.869. The van der Waals surface area contributed by atoms with Gasteiger partial charge < -0.3 is 4.90 Å². The molecule has 1 fully saturated rings. The van der Waals surface area contributed by atoms with E-state index in [1.807, 2.05) is 47.7 Å². The van der Waals surface area contributed by atoms with Crippen LogP contribution in [0.2, 0.25) is 0 Å². The molecule has 1 aliphatic heterocycles. The van der Waals surface area contributed by atoms with E-state index in [4.69, 9.17) is 5.26 Å². The van der Waals surface area contributed by atoms with Crippen molar-refractivity contribution in [3.8, 4) is 6.07 Å². The second-order valence-electron chi connectivity index (χ2n) is 6.23. The third-order valence-corrected chi connectivity index (χ3v) is 4.39. The van der Waals surface area contributed by atoms with Crippen LogP contribution in [-0.2, 0) is 6.42 Å². The average Bonchev–Trinajstić information content (AvgIpc) is 2.93. The van der Waals surface area contributed by atoms with Crippen LogP contribution in [0.3, 0.4) is 0 Å². The predicted octanol–water partition coefficient (Wildman–Crippen LogP) is 2.44. The van der Waals surface area contributed by atoms with E-state index in [1.165, 1.54) is 0 Å². The molecule has 3 rings (SSSR count). The lowest BCUT2D eigenvalue weighted by molar-refractivity contribution is 0.0671. The van der Waals surface area contributed by atoms with Gasteiger partial charge in [0.15, 0.2) is 0 Å². The van der Waals surface area contributed by atoms with Crippen molar-refractivity contribution in [3.63, 3.8) is 0 Å². The molecule has 0 saturated carbocycles. The fourth-order valence-corrected chi connectivity index (χ4v) is 3.31. The Morgan fingerprint density at radius 2 is 2.25 bits per heavy atom. The van der Waals surface area contributed by atoms with E-state index in [0.717, 1.165) is 36.6 Å². The van der Waals surface area contributed by atoms with Gasteiger partial charge in [-0.05, 0) is 44.4 Å². The van der Waals surface area contributed by atoms with Crippen LogP contribution >= 0.6 is 0 Å². The van der Waals surface area contributed by atoms with E-state index in [-0.39, 0.29) is 11.9 Å². The normalized spacial score (nSPS) is 17.5. The van der Waals surface area contributed by atoms with Crippen molar-refractivity contribution in [2.45, 2.75) is 39.2 Å². The van der Waals surface area contributed by atoms with Gasteiger partial charge in [0, 0.05) is 18.7 Å². The number of rotatable bonds is 3. The molecule has 124 valence electrons. The summed E-state index contributed by atoms with van der Waals surface area (Å²) in [5, 5.41) is 13.3. The van der Waals surface area contributed by atoms with Crippen molar-refractivity contribution in [1.82, 2.24) is 19.7 Å². The molecule has 2 heterocycles. The number of amides is 1. The molecule has 0 aliphatic carbocycles. The van der Waals surface area contributed by atoms with Gasteiger partial charge in [0.25, 0.3) is 5.91 Å². The number of benzene rings is 1. The average molecular weight is 323 g/mol. The number of aryl methyl sites for hydroxylation is 2. The molecule has 1 atom stereocenters. The summed E-state index contributed by atoms with van der Waals surface area (Å²) in [6, 6.07) is 9.65. The van der Waals surface area contributed by atoms with Gasteiger partial charge in [0.1, 0.15) is 11.6 Å². The van der Waals surface area contributed by atoms with E-state index in [0.29, 0.717) is 18.5 Å². The molecular weight excluding hydrogens is 302 g/mol. The Hall–Kier alpha value is -2.68. The third-order valence-electron chi connectivity index (χ3n) is 4.39. The fourth-order valence-electron chi connectivity index (χ4n) is 3.31. The molecule has 1 amide bonds. The van der Waals surface area contributed by atoms with E-state index < -0.39 is 0 Å². The van der Waals surface area contributed by atoms with E-state index in [9.17, 15) is 4.79 Å². The molecule has 0 unspecified atom stereocenters. The molecular formula is C18H21N5O. The molecule has 1 aliphatic rings. The van der Waals surface area contributed by atoms with E-state index >= 15 is 0 Å². The second-order valence-corrected chi connectivity index (χ2v) is 6.23. The Kier molecular flexibility index (Phi) is 4.61. The molecule has 6 heteroatoms. The summed E-state index contributed by atoms with van der Waals surface area (Å²) in [4.78, 5) is 19.1. The van der Waals surface area contributed by atoms with Crippen LogP contribution in [0.4, 0.5) is 0 Å². The molecule has 0 N–H and O–H groups in total. The van der Waals surface area contributed by atoms with Crippen LogP contribution in [0.1, 0.15) is 46.5 Å². The second kappa shape index (κ2) is 6.83. The Balaban J connectivity index is 1.77. The van der Waals surface area contributed by atoms with Gasteiger partial charge in [-0.2, -0.15) is 10.4 Å². The Morgan fingerprint density at radius 3 is 2.96 bits per heavy atom. The van der Waals surface area contributed by atoms with Gasteiger partial charge in [0.05, 0.1) is 18.5 Å².